The standard InChI is InChI=1S/C76H80BN3S/c1-47-40-48(2)42-49(41-47)50-43-64-69-65(44-50)80(59-37-28-54(29-38-59)75(12,13)14)66-46-63(78(56-31-22-51(23-32-56)72(3,4)5)57-33-24-52(25-34-57)73(6,7)8)68-60-20-18-19-21-67(60)81-71(68)70(66)77(69)61-45-55(76(15,16)17)30-39-62(61)79(64)58-35-26-53(27-36-58)74(9,10)11/h18-46H,1-17H3. The number of hydrogen-bond acceptors (Lipinski definition) is 4. The zero-order valence-corrected chi connectivity index (χ0v) is 51.9. The predicted octanol–water partition coefficient (Wildman–Crippen LogP) is 20.4. The predicted molar refractivity (Wildman–Crippen MR) is 356 cm³/mol. The van der Waals surface area contributed by atoms with Crippen molar-refractivity contribution in [2.75, 3.05) is 14.7 Å². The summed E-state index contributed by atoms with van der Waals surface area (Å²) in [6, 6.07) is 69.0. The molecular formula is C76H80BN3S. The third-order valence-electron chi connectivity index (χ3n) is 17.3. The van der Waals surface area contributed by atoms with E-state index in [0.717, 1.165) is 22.7 Å². The van der Waals surface area contributed by atoms with Gasteiger partial charge in [-0.15, -0.1) is 11.3 Å². The van der Waals surface area contributed by atoms with Gasteiger partial charge in [-0.3, -0.25) is 0 Å². The molecule has 0 unspecified atom stereocenters. The van der Waals surface area contributed by atoms with E-state index in [1.165, 1.54) is 115 Å². The van der Waals surface area contributed by atoms with E-state index in [-0.39, 0.29) is 33.8 Å². The molecular weight excluding hydrogens is 998 g/mol. The molecule has 10 aromatic rings. The van der Waals surface area contributed by atoms with Crippen LogP contribution in [0.5, 0.6) is 0 Å². The monoisotopic (exact) mass is 1080 g/mol. The Morgan fingerprint density at radius 3 is 1.26 bits per heavy atom. The zero-order chi connectivity index (χ0) is 57.5. The number of aryl methyl sites for hydroxylation is 2. The van der Waals surface area contributed by atoms with Crippen LogP contribution in [-0.4, -0.2) is 6.71 Å². The summed E-state index contributed by atoms with van der Waals surface area (Å²) >= 11 is 1.96. The van der Waals surface area contributed by atoms with E-state index in [9.17, 15) is 0 Å². The molecule has 0 radical (unpaired) electrons. The second kappa shape index (κ2) is 19.1. The van der Waals surface area contributed by atoms with E-state index in [2.05, 4.69) is 308 Å². The van der Waals surface area contributed by atoms with Crippen LogP contribution in [0.4, 0.5) is 51.2 Å². The molecule has 3 heterocycles. The molecule has 81 heavy (non-hydrogen) atoms. The topological polar surface area (TPSA) is 9.72 Å². The Balaban J connectivity index is 1.26. The average molecular weight is 1080 g/mol. The minimum atomic E-state index is -0.110. The van der Waals surface area contributed by atoms with Crippen molar-refractivity contribution in [2.45, 2.75) is 145 Å². The molecule has 0 saturated heterocycles. The summed E-state index contributed by atoms with van der Waals surface area (Å²) in [6.07, 6.45) is 0. The van der Waals surface area contributed by atoms with Crippen LogP contribution in [0.2, 0.25) is 0 Å². The molecule has 0 fully saturated rings. The van der Waals surface area contributed by atoms with E-state index in [1.807, 2.05) is 11.3 Å². The summed E-state index contributed by atoms with van der Waals surface area (Å²) in [7, 11) is 0. The molecule has 3 nitrogen and oxygen atoms in total. The van der Waals surface area contributed by atoms with Crippen LogP contribution in [-0.2, 0) is 27.1 Å². The number of fused-ring (bicyclic) bond motifs is 8. The summed E-state index contributed by atoms with van der Waals surface area (Å²) in [4.78, 5) is 7.81. The molecule has 12 rings (SSSR count). The summed E-state index contributed by atoms with van der Waals surface area (Å²) in [5.74, 6) is 0. The van der Waals surface area contributed by atoms with Crippen molar-refractivity contribution in [1.82, 2.24) is 0 Å². The molecule has 408 valence electrons. The maximum atomic E-state index is 2.65. The summed E-state index contributed by atoms with van der Waals surface area (Å²) in [5, 5.41) is 2.55. The van der Waals surface area contributed by atoms with Gasteiger partial charge in [-0.2, -0.15) is 0 Å². The van der Waals surface area contributed by atoms with Crippen molar-refractivity contribution < 1.29 is 0 Å². The van der Waals surface area contributed by atoms with E-state index >= 15 is 0 Å². The van der Waals surface area contributed by atoms with Crippen molar-refractivity contribution in [3.63, 3.8) is 0 Å². The molecule has 0 N–H and O–H groups in total. The van der Waals surface area contributed by atoms with Crippen molar-refractivity contribution >= 4 is 106 Å². The Labute approximate surface area is 488 Å². The average Bonchev–Trinajstić information content (AvgIpc) is 2.01. The molecule has 0 bridgehead atoms. The van der Waals surface area contributed by atoms with Gasteiger partial charge in [0.15, 0.2) is 0 Å². The van der Waals surface area contributed by atoms with E-state index < -0.39 is 0 Å². The fraction of sp³-hybridized carbons (Fsp3) is 0.289. The quantitative estimate of drug-likeness (QED) is 0.154. The van der Waals surface area contributed by atoms with Gasteiger partial charge in [-0.25, -0.2) is 0 Å². The molecule has 0 amide bonds. The molecule has 0 aliphatic carbocycles. The maximum Gasteiger partial charge on any atom is 0.254 e. The first-order chi connectivity index (χ1) is 38.1. The molecule has 0 spiro atoms. The van der Waals surface area contributed by atoms with Crippen molar-refractivity contribution in [3.8, 4) is 11.1 Å². The minimum absolute atomic E-state index is 0.000243. The molecule has 2 aliphatic heterocycles. The van der Waals surface area contributed by atoms with Crippen LogP contribution in [0.1, 0.15) is 143 Å². The number of thiophene rings is 1. The number of rotatable bonds is 6. The number of hydrogen-bond donors (Lipinski definition) is 0. The van der Waals surface area contributed by atoms with Crippen LogP contribution in [0, 0.1) is 13.8 Å². The molecule has 0 atom stereocenters. The summed E-state index contributed by atoms with van der Waals surface area (Å²) in [5.41, 5.74) is 26.0. The normalized spacial score (nSPS) is 13.7. The number of anilines is 9. The lowest BCUT2D eigenvalue weighted by Crippen LogP contribution is -2.61. The van der Waals surface area contributed by atoms with Gasteiger partial charge in [0.1, 0.15) is 0 Å². The highest BCUT2D eigenvalue weighted by Crippen LogP contribution is 2.53. The maximum absolute atomic E-state index is 2.65. The fourth-order valence-corrected chi connectivity index (χ4v) is 14.0. The third-order valence-corrected chi connectivity index (χ3v) is 18.5. The second-order valence-corrected chi connectivity index (χ2v) is 29.6. The Bertz CT molecular complexity index is 3990. The molecule has 1 aromatic heterocycles. The van der Waals surface area contributed by atoms with Crippen LogP contribution >= 0.6 is 11.3 Å². The Morgan fingerprint density at radius 1 is 0.383 bits per heavy atom. The third kappa shape index (κ3) is 9.58. The molecule has 5 heteroatoms. The number of benzene rings is 9. The zero-order valence-electron chi connectivity index (χ0n) is 51.1. The Morgan fingerprint density at radius 2 is 0.790 bits per heavy atom. The van der Waals surface area contributed by atoms with Gasteiger partial charge in [0.2, 0.25) is 0 Å². The summed E-state index contributed by atoms with van der Waals surface area (Å²) in [6.45, 7) is 39.2. The lowest BCUT2D eigenvalue weighted by molar-refractivity contribution is 0.590. The number of nitrogens with zero attached hydrogens (tertiary/aromatic N) is 3. The lowest BCUT2D eigenvalue weighted by Gasteiger charge is -2.45. The van der Waals surface area contributed by atoms with Gasteiger partial charge in [0.05, 0.1) is 5.69 Å². The molecule has 0 saturated carbocycles. The Hall–Kier alpha value is -7.34. The van der Waals surface area contributed by atoms with E-state index in [0.29, 0.717) is 0 Å². The minimum Gasteiger partial charge on any atom is -0.311 e. The highest BCUT2D eigenvalue weighted by molar-refractivity contribution is 7.28. The summed E-state index contributed by atoms with van der Waals surface area (Å²) < 4.78 is 2.60. The Kier molecular flexibility index (Phi) is 12.8. The SMILES string of the molecule is Cc1cc(C)cc(-c2cc3c4c(c2)N(c2ccc(C(C)(C)C)cc2)c2cc(N(c5ccc(C(C)(C)C)cc5)c5ccc(C(C)(C)C)cc5)c5c(sc6ccccc65)c2B4c2cc(C(C)(C)C)ccc2N3c2ccc(C(C)(C)C)cc2)c1. The molecule has 9 aromatic carbocycles. The molecule has 2 aliphatic rings. The smallest absolute Gasteiger partial charge is 0.254 e. The van der Waals surface area contributed by atoms with Gasteiger partial charge in [0.25, 0.3) is 6.71 Å². The van der Waals surface area contributed by atoms with Gasteiger partial charge < -0.3 is 14.7 Å². The highest BCUT2D eigenvalue weighted by Gasteiger charge is 2.46. The van der Waals surface area contributed by atoms with E-state index in [1.54, 1.807) is 0 Å². The van der Waals surface area contributed by atoms with Crippen LogP contribution in [0.25, 0.3) is 31.3 Å². The first-order valence-electron chi connectivity index (χ1n) is 29.4. The lowest BCUT2D eigenvalue weighted by atomic mass is 9.33. The largest absolute Gasteiger partial charge is 0.311 e. The van der Waals surface area contributed by atoms with Crippen LogP contribution < -0.4 is 31.1 Å². The first kappa shape index (κ1) is 54.3. The first-order valence-corrected chi connectivity index (χ1v) is 30.2. The van der Waals surface area contributed by atoms with Crippen LogP contribution in [0.3, 0.4) is 0 Å². The van der Waals surface area contributed by atoms with Gasteiger partial charge in [-0.1, -0.05) is 212 Å². The van der Waals surface area contributed by atoms with Gasteiger partial charge in [0, 0.05) is 65.7 Å². The van der Waals surface area contributed by atoms with Gasteiger partial charge >= 0.3 is 0 Å². The van der Waals surface area contributed by atoms with Gasteiger partial charge in [-0.05, 0) is 175 Å². The van der Waals surface area contributed by atoms with Crippen molar-refractivity contribution in [2.24, 2.45) is 0 Å². The highest BCUT2D eigenvalue weighted by atomic mass is 32.1. The van der Waals surface area contributed by atoms with E-state index in [4.69, 9.17) is 0 Å². The fourth-order valence-electron chi connectivity index (χ4n) is 12.7. The van der Waals surface area contributed by atoms with Crippen molar-refractivity contribution in [1.29, 1.82) is 0 Å². The second-order valence-electron chi connectivity index (χ2n) is 28.6. The van der Waals surface area contributed by atoms with Crippen molar-refractivity contribution in [3.05, 3.63) is 215 Å². The van der Waals surface area contributed by atoms with Crippen LogP contribution in [0.15, 0.2) is 176 Å².